The molecule has 2 heterocycles. The van der Waals surface area contributed by atoms with E-state index >= 15 is 0 Å². The van der Waals surface area contributed by atoms with Crippen molar-refractivity contribution >= 4 is 5.69 Å². The molecule has 3 rings (SSSR count). The van der Waals surface area contributed by atoms with Crippen molar-refractivity contribution in [3.63, 3.8) is 0 Å². The second-order valence-corrected chi connectivity index (χ2v) is 5.14. The number of rotatable bonds is 2. The van der Waals surface area contributed by atoms with E-state index in [1.54, 1.807) is 24.4 Å². The zero-order valence-corrected chi connectivity index (χ0v) is 11.3. The highest BCUT2D eigenvalue weighted by Gasteiger charge is 2.23. The lowest BCUT2D eigenvalue weighted by atomic mass is 9.90. The highest BCUT2D eigenvalue weighted by Crippen LogP contribution is 2.42. The predicted octanol–water partition coefficient (Wildman–Crippen LogP) is 3.67. The normalized spacial score (nSPS) is 12.6. The third-order valence-electron chi connectivity index (χ3n) is 3.51. The number of nitro benzene ring substituents is 1. The Morgan fingerprint density at radius 1 is 1.35 bits per heavy atom. The fourth-order valence-corrected chi connectivity index (χ4v) is 2.50. The summed E-state index contributed by atoms with van der Waals surface area (Å²) in [6.07, 6.45) is 3.54. The van der Waals surface area contributed by atoms with E-state index < -0.39 is 0 Å². The molecule has 2 aromatic rings. The van der Waals surface area contributed by atoms with E-state index in [0.717, 1.165) is 28.0 Å². The third-order valence-corrected chi connectivity index (χ3v) is 3.51. The number of ether oxygens (including phenoxy) is 1. The van der Waals surface area contributed by atoms with E-state index in [-0.39, 0.29) is 10.6 Å². The molecule has 0 fully saturated rings. The molecule has 1 aliphatic rings. The Labute approximate surface area is 116 Å². The van der Waals surface area contributed by atoms with Crippen LogP contribution in [0, 0.1) is 10.1 Å². The Bertz CT molecular complexity index is 696. The summed E-state index contributed by atoms with van der Waals surface area (Å²) in [4.78, 5) is 14.7. The van der Waals surface area contributed by atoms with Gasteiger partial charge in [0, 0.05) is 29.5 Å². The number of aromatic nitrogens is 1. The highest BCUT2D eigenvalue weighted by molar-refractivity contribution is 5.78. The van der Waals surface area contributed by atoms with E-state index in [1.165, 1.54) is 0 Å². The number of hydrogen-bond donors (Lipinski definition) is 0. The molecule has 1 aromatic heterocycles. The first-order valence-corrected chi connectivity index (χ1v) is 6.46. The smallest absolute Gasteiger partial charge is 0.269 e. The van der Waals surface area contributed by atoms with Crippen molar-refractivity contribution in [2.75, 3.05) is 0 Å². The van der Waals surface area contributed by atoms with E-state index in [1.807, 2.05) is 6.20 Å². The van der Waals surface area contributed by atoms with Crippen molar-refractivity contribution < 1.29 is 9.66 Å². The molecule has 0 N–H and O–H groups in total. The first-order valence-electron chi connectivity index (χ1n) is 6.46. The maximum Gasteiger partial charge on any atom is 0.269 e. The molecule has 0 aliphatic carbocycles. The second-order valence-electron chi connectivity index (χ2n) is 5.14. The molecule has 20 heavy (non-hydrogen) atoms. The largest absolute Gasteiger partial charge is 0.487 e. The van der Waals surface area contributed by atoms with Crippen LogP contribution in [0.4, 0.5) is 5.69 Å². The van der Waals surface area contributed by atoms with Crippen molar-refractivity contribution in [1.29, 1.82) is 0 Å². The van der Waals surface area contributed by atoms with Crippen LogP contribution in [0.2, 0.25) is 0 Å². The topological polar surface area (TPSA) is 65.3 Å². The van der Waals surface area contributed by atoms with Crippen molar-refractivity contribution in [3.05, 3.63) is 51.8 Å². The Morgan fingerprint density at radius 2 is 2.15 bits per heavy atom. The molecule has 1 aromatic carbocycles. The van der Waals surface area contributed by atoms with Gasteiger partial charge in [-0.25, -0.2) is 0 Å². The molecule has 0 radical (unpaired) electrons. The molecule has 0 unspecified atom stereocenters. The lowest BCUT2D eigenvalue weighted by molar-refractivity contribution is -0.384. The van der Waals surface area contributed by atoms with Crippen LogP contribution in [0.3, 0.4) is 0 Å². The second kappa shape index (κ2) is 4.59. The molecule has 0 bridgehead atoms. The maximum atomic E-state index is 10.9. The Morgan fingerprint density at radius 3 is 2.85 bits per heavy atom. The molecule has 102 valence electrons. The van der Waals surface area contributed by atoms with Gasteiger partial charge >= 0.3 is 0 Å². The number of nitro groups is 1. The van der Waals surface area contributed by atoms with E-state index in [2.05, 4.69) is 18.8 Å². The minimum Gasteiger partial charge on any atom is -0.487 e. The van der Waals surface area contributed by atoms with Gasteiger partial charge in [-0.3, -0.25) is 15.1 Å². The van der Waals surface area contributed by atoms with Crippen LogP contribution in [0.25, 0.3) is 11.1 Å². The summed E-state index contributed by atoms with van der Waals surface area (Å²) in [6, 6.07) is 4.93. The van der Waals surface area contributed by atoms with Crippen molar-refractivity contribution in [2.24, 2.45) is 0 Å². The van der Waals surface area contributed by atoms with Gasteiger partial charge in [0.2, 0.25) is 0 Å². The lowest BCUT2D eigenvalue weighted by Gasteiger charge is -2.23. The summed E-state index contributed by atoms with van der Waals surface area (Å²) in [6.45, 7) is 4.53. The Hall–Kier alpha value is -2.43. The van der Waals surface area contributed by atoms with Crippen LogP contribution in [0.15, 0.2) is 30.6 Å². The number of non-ortho nitro benzene ring substituents is 1. The van der Waals surface area contributed by atoms with Crippen LogP contribution in [-0.2, 0) is 6.61 Å². The molecule has 0 spiro atoms. The fourth-order valence-electron chi connectivity index (χ4n) is 2.50. The lowest BCUT2D eigenvalue weighted by Crippen LogP contribution is -2.09. The first kappa shape index (κ1) is 12.6. The monoisotopic (exact) mass is 270 g/mol. The summed E-state index contributed by atoms with van der Waals surface area (Å²) in [7, 11) is 0. The average Bonchev–Trinajstić information content (AvgIpc) is 2.45. The van der Waals surface area contributed by atoms with Crippen molar-refractivity contribution in [3.8, 4) is 16.9 Å². The Balaban J connectivity index is 2.22. The van der Waals surface area contributed by atoms with E-state index in [0.29, 0.717) is 12.5 Å². The van der Waals surface area contributed by atoms with Gasteiger partial charge in [-0.2, -0.15) is 0 Å². The minimum atomic E-state index is -0.383. The molecule has 1 aliphatic heterocycles. The third kappa shape index (κ3) is 1.91. The zero-order valence-electron chi connectivity index (χ0n) is 11.3. The van der Waals surface area contributed by atoms with Gasteiger partial charge in [0.15, 0.2) is 0 Å². The van der Waals surface area contributed by atoms with E-state index in [9.17, 15) is 10.1 Å². The van der Waals surface area contributed by atoms with Gasteiger partial charge in [0.05, 0.1) is 11.1 Å². The number of benzene rings is 1. The molecule has 0 atom stereocenters. The van der Waals surface area contributed by atoms with Crippen molar-refractivity contribution in [2.45, 2.75) is 26.4 Å². The zero-order chi connectivity index (χ0) is 14.3. The van der Waals surface area contributed by atoms with Gasteiger partial charge in [-0.15, -0.1) is 0 Å². The van der Waals surface area contributed by atoms with Gasteiger partial charge in [-0.05, 0) is 23.1 Å². The van der Waals surface area contributed by atoms with E-state index in [4.69, 9.17) is 4.74 Å². The van der Waals surface area contributed by atoms with Crippen LogP contribution in [0.1, 0.15) is 30.9 Å². The van der Waals surface area contributed by atoms with Gasteiger partial charge < -0.3 is 4.74 Å². The SMILES string of the molecule is CC(C)c1cncc2c1-c1ccc([N+](=O)[O-])cc1CO2. The quantitative estimate of drug-likeness (QED) is 0.617. The number of hydrogen-bond acceptors (Lipinski definition) is 4. The highest BCUT2D eigenvalue weighted by atomic mass is 16.6. The molecule has 5 nitrogen and oxygen atoms in total. The van der Waals surface area contributed by atoms with Crippen molar-refractivity contribution in [1.82, 2.24) is 4.98 Å². The van der Waals surface area contributed by atoms with Gasteiger partial charge in [-0.1, -0.05) is 13.8 Å². The summed E-state index contributed by atoms with van der Waals surface area (Å²) >= 11 is 0. The van der Waals surface area contributed by atoms with Crippen LogP contribution < -0.4 is 4.74 Å². The minimum absolute atomic E-state index is 0.0935. The van der Waals surface area contributed by atoms with Gasteiger partial charge in [0.25, 0.3) is 5.69 Å². The molecule has 0 amide bonds. The number of pyridine rings is 1. The molecular formula is C15H14N2O3. The van der Waals surface area contributed by atoms with Crippen LogP contribution in [-0.4, -0.2) is 9.91 Å². The molecule has 0 saturated heterocycles. The van der Waals surface area contributed by atoms with Crippen LogP contribution >= 0.6 is 0 Å². The fraction of sp³-hybridized carbons (Fsp3) is 0.267. The first-order chi connectivity index (χ1) is 9.58. The molecule has 5 heteroatoms. The summed E-state index contributed by atoms with van der Waals surface area (Å²) in [5.74, 6) is 1.06. The number of nitrogens with zero attached hydrogens (tertiary/aromatic N) is 2. The molecular weight excluding hydrogens is 256 g/mol. The van der Waals surface area contributed by atoms with Gasteiger partial charge in [0.1, 0.15) is 12.4 Å². The summed E-state index contributed by atoms with van der Waals surface area (Å²) < 4.78 is 5.69. The standard InChI is InChI=1S/C15H14N2O3/c1-9(2)13-6-16-7-14-15(13)12-4-3-11(17(18)19)5-10(12)8-20-14/h3-7,9H,8H2,1-2H3. The number of fused-ring (bicyclic) bond motifs is 3. The average molecular weight is 270 g/mol. The maximum absolute atomic E-state index is 10.9. The summed E-state index contributed by atoms with van der Waals surface area (Å²) in [5, 5.41) is 10.9. The summed E-state index contributed by atoms with van der Waals surface area (Å²) in [5.41, 5.74) is 4.04. The Kier molecular flexibility index (Phi) is 2.89. The molecule has 0 saturated carbocycles. The predicted molar refractivity (Wildman–Crippen MR) is 74.7 cm³/mol. The van der Waals surface area contributed by atoms with Crippen LogP contribution in [0.5, 0.6) is 5.75 Å².